The maximum Gasteiger partial charge on any atom is 0.326 e. The van der Waals surface area contributed by atoms with Gasteiger partial charge in [0.25, 0.3) is 0 Å². The second kappa shape index (κ2) is 9.09. The van der Waals surface area contributed by atoms with Crippen LogP contribution in [0.25, 0.3) is 0 Å². The Morgan fingerprint density at radius 2 is 1.73 bits per heavy atom. The van der Waals surface area contributed by atoms with Crippen LogP contribution < -0.4 is 10.0 Å². The topological polar surface area (TPSA) is 113 Å². The van der Waals surface area contributed by atoms with Crippen LogP contribution in [0.5, 0.6) is 0 Å². The van der Waals surface area contributed by atoms with Gasteiger partial charge in [0, 0.05) is 0 Å². The average molecular weight is 388 g/mol. The lowest BCUT2D eigenvalue weighted by Crippen LogP contribution is -2.53. The van der Waals surface area contributed by atoms with E-state index in [0.29, 0.717) is 0 Å². The number of hydrogen-bond donors (Lipinski definition) is 3. The van der Waals surface area contributed by atoms with E-state index >= 15 is 0 Å². The second-order valence-electron chi connectivity index (χ2n) is 6.80. The lowest BCUT2D eigenvalue weighted by molar-refractivity contribution is -0.142. The molecule has 0 aliphatic heterocycles. The van der Waals surface area contributed by atoms with Crippen LogP contribution >= 0.6 is 0 Å². The Bertz CT molecular complexity index is 749. The molecule has 1 aromatic rings. The van der Waals surface area contributed by atoms with Gasteiger partial charge in [-0.05, 0) is 30.4 Å². The number of benzene rings is 1. The average Bonchev–Trinajstić information content (AvgIpc) is 2.51. The Balaban J connectivity index is 3.03. The van der Waals surface area contributed by atoms with Crippen LogP contribution in [0.1, 0.15) is 34.1 Å². The van der Waals surface area contributed by atoms with Gasteiger partial charge in [0.05, 0.1) is 0 Å². The number of nitrogens with one attached hydrogen (secondary N) is 2. The quantitative estimate of drug-likeness (QED) is 0.596. The molecular weight excluding hydrogens is 363 g/mol. The molecule has 0 fully saturated rings. The number of sulfonamides is 1. The molecule has 2 atom stereocenters. The minimum atomic E-state index is -4.29. The first-order chi connectivity index (χ1) is 12.0. The molecule has 146 valence electrons. The Kier molecular flexibility index (Phi) is 7.70. The van der Waals surface area contributed by atoms with E-state index in [1.54, 1.807) is 13.8 Å². The molecule has 26 heavy (non-hydrogen) atoms. The second-order valence-corrected chi connectivity index (χ2v) is 8.48. The van der Waals surface area contributed by atoms with E-state index in [9.17, 15) is 27.5 Å². The highest BCUT2D eigenvalue weighted by Crippen LogP contribution is 2.16. The number of carboxylic acids is 1. The normalized spacial score (nSPS) is 14.3. The minimum absolute atomic E-state index is 0.0176. The van der Waals surface area contributed by atoms with Crippen LogP contribution in [0.2, 0.25) is 0 Å². The number of carboxylic acid groups (broad SMARTS) is 1. The molecule has 0 aliphatic rings. The van der Waals surface area contributed by atoms with Gasteiger partial charge in [-0.1, -0.05) is 39.8 Å². The smallest absolute Gasteiger partial charge is 0.326 e. The molecule has 1 rings (SSSR count). The maximum absolute atomic E-state index is 13.8. The lowest BCUT2D eigenvalue weighted by atomic mass is 10.0. The third-order valence-corrected chi connectivity index (χ3v) is 5.15. The number of halogens is 1. The number of carbonyl (C=O) groups excluding carboxylic acids is 1. The van der Waals surface area contributed by atoms with Crippen molar-refractivity contribution in [3.63, 3.8) is 0 Å². The van der Waals surface area contributed by atoms with Crippen LogP contribution in [-0.2, 0) is 19.6 Å². The first-order valence-corrected chi connectivity index (χ1v) is 9.74. The van der Waals surface area contributed by atoms with E-state index in [-0.39, 0.29) is 12.3 Å². The molecule has 0 spiro atoms. The van der Waals surface area contributed by atoms with Crippen LogP contribution in [0, 0.1) is 17.7 Å². The summed E-state index contributed by atoms with van der Waals surface area (Å²) in [6.07, 6.45) is 0.200. The monoisotopic (exact) mass is 388 g/mol. The van der Waals surface area contributed by atoms with E-state index in [1.807, 2.05) is 13.8 Å². The van der Waals surface area contributed by atoms with Crippen LogP contribution in [0.15, 0.2) is 29.2 Å². The summed E-state index contributed by atoms with van der Waals surface area (Å²) in [7, 11) is -4.29. The maximum atomic E-state index is 13.8. The van der Waals surface area contributed by atoms with Gasteiger partial charge in [0.2, 0.25) is 15.9 Å². The lowest BCUT2D eigenvalue weighted by Gasteiger charge is -2.24. The highest BCUT2D eigenvalue weighted by atomic mass is 32.2. The summed E-state index contributed by atoms with van der Waals surface area (Å²) in [5, 5.41) is 11.6. The molecule has 1 aromatic carbocycles. The van der Waals surface area contributed by atoms with Crippen molar-refractivity contribution in [3.05, 3.63) is 30.1 Å². The van der Waals surface area contributed by atoms with Crippen molar-refractivity contribution in [3.8, 4) is 0 Å². The SMILES string of the molecule is CC(C)C[C@@H](NC(=O)[C@@H](NS(=O)(=O)c1ccccc1F)C(C)C)C(=O)O. The number of carbonyl (C=O) groups is 2. The molecule has 7 nitrogen and oxygen atoms in total. The summed E-state index contributed by atoms with van der Waals surface area (Å²) in [5.41, 5.74) is 0. The minimum Gasteiger partial charge on any atom is -0.480 e. The molecule has 0 unspecified atom stereocenters. The molecule has 0 aromatic heterocycles. The Morgan fingerprint density at radius 1 is 1.15 bits per heavy atom. The molecule has 9 heteroatoms. The zero-order chi connectivity index (χ0) is 20.1. The highest BCUT2D eigenvalue weighted by molar-refractivity contribution is 7.89. The van der Waals surface area contributed by atoms with E-state index in [0.717, 1.165) is 12.1 Å². The predicted molar refractivity (Wildman–Crippen MR) is 94.4 cm³/mol. The first-order valence-electron chi connectivity index (χ1n) is 8.25. The fraction of sp³-hybridized carbons (Fsp3) is 0.529. The molecule has 0 saturated carbocycles. The Morgan fingerprint density at radius 3 is 2.19 bits per heavy atom. The number of amides is 1. The molecule has 0 saturated heterocycles. The largest absolute Gasteiger partial charge is 0.480 e. The molecule has 0 bridgehead atoms. The van der Waals surface area contributed by atoms with E-state index in [1.165, 1.54) is 12.1 Å². The highest BCUT2D eigenvalue weighted by Gasteiger charge is 2.32. The molecule has 0 aliphatic carbocycles. The molecule has 3 N–H and O–H groups in total. The van der Waals surface area contributed by atoms with Crippen molar-refractivity contribution >= 4 is 21.9 Å². The number of hydrogen-bond acceptors (Lipinski definition) is 4. The van der Waals surface area contributed by atoms with Crippen molar-refractivity contribution in [2.24, 2.45) is 11.8 Å². The van der Waals surface area contributed by atoms with Crippen LogP contribution in [-0.4, -0.2) is 37.5 Å². The third-order valence-electron chi connectivity index (χ3n) is 3.68. The van der Waals surface area contributed by atoms with Crippen molar-refractivity contribution in [1.29, 1.82) is 0 Å². The number of rotatable bonds is 9. The van der Waals surface area contributed by atoms with Gasteiger partial charge >= 0.3 is 5.97 Å². The summed E-state index contributed by atoms with van der Waals surface area (Å²) >= 11 is 0. The molecule has 1 amide bonds. The number of aliphatic carboxylic acids is 1. The summed E-state index contributed by atoms with van der Waals surface area (Å²) in [5.74, 6) is -3.38. The fourth-order valence-electron chi connectivity index (χ4n) is 2.34. The van der Waals surface area contributed by atoms with Gasteiger partial charge in [-0.15, -0.1) is 0 Å². The predicted octanol–water partition coefficient (Wildman–Crippen LogP) is 1.74. The first kappa shape index (κ1) is 22.0. The van der Waals surface area contributed by atoms with Crippen LogP contribution in [0.4, 0.5) is 4.39 Å². The van der Waals surface area contributed by atoms with Gasteiger partial charge in [0.15, 0.2) is 0 Å². The summed E-state index contributed by atoms with van der Waals surface area (Å²) in [6.45, 7) is 6.82. The summed E-state index contributed by atoms with van der Waals surface area (Å²) < 4.78 is 40.8. The van der Waals surface area contributed by atoms with Gasteiger partial charge in [-0.2, -0.15) is 4.72 Å². The Hall–Kier alpha value is -2.00. The zero-order valence-corrected chi connectivity index (χ0v) is 16.0. The summed E-state index contributed by atoms with van der Waals surface area (Å²) in [4.78, 5) is 23.2. The van der Waals surface area contributed by atoms with E-state index in [4.69, 9.17) is 0 Å². The van der Waals surface area contributed by atoms with Crippen molar-refractivity contribution in [1.82, 2.24) is 10.0 Å². The molecule has 0 radical (unpaired) electrons. The summed E-state index contributed by atoms with van der Waals surface area (Å²) in [6, 6.07) is 2.43. The van der Waals surface area contributed by atoms with Gasteiger partial charge in [0.1, 0.15) is 22.8 Å². The molecule has 0 heterocycles. The van der Waals surface area contributed by atoms with Crippen LogP contribution in [0.3, 0.4) is 0 Å². The van der Waals surface area contributed by atoms with Gasteiger partial charge in [-0.25, -0.2) is 17.6 Å². The van der Waals surface area contributed by atoms with Gasteiger partial charge < -0.3 is 10.4 Å². The van der Waals surface area contributed by atoms with E-state index < -0.39 is 50.6 Å². The molecular formula is C17H25FN2O5S. The zero-order valence-electron chi connectivity index (χ0n) is 15.2. The van der Waals surface area contributed by atoms with Gasteiger partial charge in [-0.3, -0.25) is 4.79 Å². The van der Waals surface area contributed by atoms with E-state index in [2.05, 4.69) is 10.0 Å². The van der Waals surface area contributed by atoms with Crippen molar-refractivity contribution in [2.75, 3.05) is 0 Å². The standard InChI is InChI=1S/C17H25FN2O5S/c1-10(2)9-13(17(22)23)19-16(21)15(11(3)4)20-26(24,25)14-8-6-5-7-12(14)18/h5-8,10-11,13,15,20H,9H2,1-4H3,(H,19,21)(H,22,23)/t13-,15+/m1/s1. The van der Waals surface area contributed by atoms with Crippen molar-refractivity contribution < 1.29 is 27.5 Å². The third kappa shape index (κ3) is 6.06. The fourth-order valence-corrected chi connectivity index (χ4v) is 3.76. The Labute approximate surface area is 153 Å². The van der Waals surface area contributed by atoms with Crippen molar-refractivity contribution in [2.45, 2.75) is 51.1 Å².